The summed E-state index contributed by atoms with van der Waals surface area (Å²) in [5.74, 6) is 0.647. The van der Waals surface area contributed by atoms with Crippen molar-refractivity contribution in [1.29, 1.82) is 0 Å². The van der Waals surface area contributed by atoms with E-state index in [1.165, 1.54) is 27.3 Å². The molecule has 2 unspecified atom stereocenters. The van der Waals surface area contributed by atoms with Gasteiger partial charge in [0, 0.05) is 21.7 Å². The fraction of sp³-hybridized carbons (Fsp3) is 0.333. The van der Waals surface area contributed by atoms with Gasteiger partial charge in [-0.25, -0.2) is 0 Å². The smallest absolute Gasteiger partial charge is 0.0485 e. The molecule has 1 aromatic carbocycles. The van der Waals surface area contributed by atoms with E-state index < -0.39 is 0 Å². The second kappa shape index (κ2) is 4.28. The van der Waals surface area contributed by atoms with Crippen molar-refractivity contribution in [3.8, 4) is 0 Å². The zero-order valence-electron chi connectivity index (χ0n) is 10.2. The van der Waals surface area contributed by atoms with Crippen molar-refractivity contribution in [3.63, 3.8) is 0 Å². The molecule has 1 aliphatic rings. The van der Waals surface area contributed by atoms with Crippen LogP contribution in [0.15, 0.2) is 36.4 Å². The average molecular weight is 243 g/mol. The van der Waals surface area contributed by atoms with E-state index in [9.17, 15) is 0 Å². The van der Waals surface area contributed by atoms with E-state index in [1.807, 2.05) is 11.3 Å². The summed E-state index contributed by atoms with van der Waals surface area (Å²) in [6.45, 7) is 2.18. The molecule has 0 saturated carbocycles. The molecule has 1 heterocycles. The summed E-state index contributed by atoms with van der Waals surface area (Å²) in [6, 6.07) is 13.8. The molecule has 3 rings (SSSR count). The van der Waals surface area contributed by atoms with Gasteiger partial charge >= 0.3 is 0 Å². The van der Waals surface area contributed by atoms with Gasteiger partial charge in [-0.1, -0.05) is 24.3 Å². The van der Waals surface area contributed by atoms with Gasteiger partial charge in [-0.3, -0.25) is 0 Å². The molecular weight excluding hydrogens is 226 g/mol. The molecule has 17 heavy (non-hydrogen) atoms. The van der Waals surface area contributed by atoms with Crippen LogP contribution in [-0.4, -0.2) is 7.05 Å². The van der Waals surface area contributed by atoms with Crippen LogP contribution in [0, 0.1) is 6.92 Å². The van der Waals surface area contributed by atoms with Crippen LogP contribution >= 0.6 is 11.3 Å². The molecule has 0 amide bonds. The summed E-state index contributed by atoms with van der Waals surface area (Å²) < 4.78 is 0. The van der Waals surface area contributed by atoms with E-state index in [-0.39, 0.29) is 0 Å². The first kappa shape index (κ1) is 11.0. The Morgan fingerprint density at radius 2 is 2.06 bits per heavy atom. The van der Waals surface area contributed by atoms with Gasteiger partial charge in [-0.05, 0) is 43.7 Å². The number of likely N-dealkylation sites (N-methyl/N-ethyl adjacent to an activating group) is 1. The van der Waals surface area contributed by atoms with Gasteiger partial charge in [0.2, 0.25) is 0 Å². The Bertz CT molecular complexity index is 529. The third kappa shape index (κ3) is 1.81. The van der Waals surface area contributed by atoms with Gasteiger partial charge in [0.25, 0.3) is 0 Å². The molecule has 1 N–H and O–H groups in total. The van der Waals surface area contributed by atoms with Crippen LogP contribution in [0.25, 0.3) is 0 Å². The predicted octanol–water partition coefficient (Wildman–Crippen LogP) is 3.66. The lowest BCUT2D eigenvalue weighted by Crippen LogP contribution is -2.30. The highest BCUT2D eigenvalue weighted by molar-refractivity contribution is 7.12. The second-order valence-electron chi connectivity index (χ2n) is 4.72. The summed E-state index contributed by atoms with van der Waals surface area (Å²) >= 11 is 1.91. The molecule has 1 aliphatic carbocycles. The van der Waals surface area contributed by atoms with Crippen LogP contribution in [0.1, 0.15) is 32.8 Å². The number of hydrogen-bond acceptors (Lipinski definition) is 2. The topological polar surface area (TPSA) is 12.0 Å². The number of benzene rings is 1. The normalized spacial score (nSPS) is 19.5. The van der Waals surface area contributed by atoms with E-state index in [4.69, 9.17) is 0 Å². The lowest BCUT2D eigenvalue weighted by Gasteiger charge is -2.36. The molecular formula is C15H17NS. The standard InChI is InChI=1S/C15H17NS/c1-10-7-8-14(17-10)15(16-2)13-9-11-5-3-4-6-12(11)13/h3-8,13,15-16H,9H2,1-2H3. The van der Waals surface area contributed by atoms with Crippen LogP contribution in [-0.2, 0) is 6.42 Å². The number of fused-ring (bicyclic) bond motifs is 1. The first-order valence-corrected chi connectivity index (χ1v) is 6.92. The SMILES string of the molecule is CNC(c1ccc(C)s1)C1Cc2ccccc21. The van der Waals surface area contributed by atoms with Crippen molar-refractivity contribution >= 4 is 11.3 Å². The van der Waals surface area contributed by atoms with Crippen LogP contribution in [0.4, 0.5) is 0 Å². The van der Waals surface area contributed by atoms with Crippen molar-refractivity contribution in [1.82, 2.24) is 5.32 Å². The van der Waals surface area contributed by atoms with Gasteiger partial charge in [-0.2, -0.15) is 0 Å². The van der Waals surface area contributed by atoms with Crippen molar-refractivity contribution in [3.05, 3.63) is 57.3 Å². The second-order valence-corrected chi connectivity index (χ2v) is 6.04. The fourth-order valence-electron chi connectivity index (χ4n) is 2.76. The van der Waals surface area contributed by atoms with Gasteiger partial charge in [0.05, 0.1) is 0 Å². The molecule has 0 aliphatic heterocycles. The molecule has 88 valence electrons. The molecule has 1 aromatic heterocycles. The Kier molecular flexibility index (Phi) is 2.77. The molecule has 2 aromatic rings. The molecule has 0 bridgehead atoms. The fourth-order valence-corrected chi connectivity index (χ4v) is 3.81. The first-order chi connectivity index (χ1) is 8.29. The Morgan fingerprint density at radius 1 is 1.24 bits per heavy atom. The van der Waals surface area contributed by atoms with Crippen LogP contribution in [0.3, 0.4) is 0 Å². The van der Waals surface area contributed by atoms with Crippen molar-refractivity contribution < 1.29 is 0 Å². The van der Waals surface area contributed by atoms with Crippen molar-refractivity contribution in [2.75, 3.05) is 7.05 Å². The van der Waals surface area contributed by atoms with E-state index in [1.54, 1.807) is 0 Å². The minimum atomic E-state index is 0.476. The molecule has 2 heteroatoms. The number of rotatable bonds is 3. The predicted molar refractivity (Wildman–Crippen MR) is 73.7 cm³/mol. The van der Waals surface area contributed by atoms with E-state index in [2.05, 4.69) is 55.7 Å². The van der Waals surface area contributed by atoms with Crippen molar-refractivity contribution in [2.45, 2.75) is 25.3 Å². The zero-order valence-corrected chi connectivity index (χ0v) is 11.1. The van der Waals surface area contributed by atoms with Crippen LogP contribution in [0.2, 0.25) is 0 Å². The summed E-state index contributed by atoms with van der Waals surface area (Å²) in [5, 5.41) is 3.48. The highest BCUT2D eigenvalue weighted by Crippen LogP contribution is 2.44. The van der Waals surface area contributed by atoms with Gasteiger partial charge < -0.3 is 5.32 Å². The first-order valence-electron chi connectivity index (χ1n) is 6.11. The minimum Gasteiger partial charge on any atom is -0.312 e. The maximum Gasteiger partial charge on any atom is 0.0485 e. The maximum absolute atomic E-state index is 3.48. The maximum atomic E-state index is 3.48. The largest absolute Gasteiger partial charge is 0.312 e. The molecule has 0 saturated heterocycles. The van der Waals surface area contributed by atoms with E-state index in [0.29, 0.717) is 12.0 Å². The Morgan fingerprint density at radius 3 is 2.71 bits per heavy atom. The molecule has 2 atom stereocenters. The minimum absolute atomic E-state index is 0.476. The molecule has 1 nitrogen and oxygen atoms in total. The Labute approximate surface area is 106 Å². The van der Waals surface area contributed by atoms with E-state index >= 15 is 0 Å². The summed E-state index contributed by atoms with van der Waals surface area (Å²) in [6.07, 6.45) is 1.21. The highest BCUT2D eigenvalue weighted by Gasteiger charge is 2.33. The lowest BCUT2D eigenvalue weighted by molar-refractivity contribution is 0.445. The van der Waals surface area contributed by atoms with Crippen LogP contribution in [0.5, 0.6) is 0 Å². The monoisotopic (exact) mass is 243 g/mol. The van der Waals surface area contributed by atoms with Crippen LogP contribution < -0.4 is 5.32 Å². The number of nitrogens with one attached hydrogen (secondary N) is 1. The zero-order chi connectivity index (χ0) is 11.8. The number of aryl methyl sites for hydroxylation is 1. The summed E-state index contributed by atoms with van der Waals surface area (Å²) in [7, 11) is 2.07. The quantitative estimate of drug-likeness (QED) is 0.867. The van der Waals surface area contributed by atoms with Crippen molar-refractivity contribution in [2.24, 2.45) is 0 Å². The van der Waals surface area contributed by atoms with Gasteiger partial charge in [0.1, 0.15) is 0 Å². The van der Waals surface area contributed by atoms with E-state index in [0.717, 1.165) is 0 Å². The third-order valence-corrected chi connectivity index (χ3v) is 4.76. The third-order valence-electron chi connectivity index (χ3n) is 3.68. The van der Waals surface area contributed by atoms with Gasteiger partial charge in [0.15, 0.2) is 0 Å². The lowest BCUT2D eigenvalue weighted by atomic mass is 9.73. The molecule has 0 radical (unpaired) electrons. The average Bonchev–Trinajstić information content (AvgIpc) is 2.72. The molecule has 0 fully saturated rings. The molecule has 0 spiro atoms. The number of hydrogen-bond donors (Lipinski definition) is 1. The highest BCUT2D eigenvalue weighted by atomic mass is 32.1. The summed E-state index contributed by atoms with van der Waals surface area (Å²) in [4.78, 5) is 2.86. The number of thiophene rings is 1. The summed E-state index contributed by atoms with van der Waals surface area (Å²) in [5.41, 5.74) is 3.05. The van der Waals surface area contributed by atoms with Gasteiger partial charge in [-0.15, -0.1) is 11.3 Å². The Balaban J connectivity index is 1.90. The Hall–Kier alpha value is -1.12.